The van der Waals surface area contributed by atoms with E-state index >= 15 is 0 Å². The number of aliphatic hydroxyl groups excluding tert-OH is 1. The fourth-order valence-electron chi connectivity index (χ4n) is 1.21. The average molecular weight is 239 g/mol. The highest BCUT2D eigenvalue weighted by atomic mass is 16.4. The molecule has 1 aromatic rings. The maximum absolute atomic E-state index is 10.5. The number of carbonyl (C=O) groups is 1. The Labute approximate surface area is 99.7 Å². The van der Waals surface area contributed by atoms with E-state index in [1.807, 2.05) is 13.8 Å². The third-order valence-corrected chi connectivity index (χ3v) is 2.66. The zero-order chi connectivity index (χ0) is 12.8. The molecule has 0 saturated heterocycles. The molecule has 6 nitrogen and oxygen atoms in total. The summed E-state index contributed by atoms with van der Waals surface area (Å²) in [5.74, 6) is -0.449. The second-order valence-electron chi connectivity index (χ2n) is 3.93. The molecule has 0 radical (unpaired) electrons. The summed E-state index contributed by atoms with van der Waals surface area (Å²) < 4.78 is 0. The number of hydrogen-bond donors (Lipinski definition) is 3. The van der Waals surface area contributed by atoms with E-state index in [0.717, 1.165) is 6.42 Å². The molecule has 0 aromatic carbocycles. The molecule has 2 unspecified atom stereocenters. The Kier molecular flexibility index (Phi) is 4.84. The highest BCUT2D eigenvalue weighted by molar-refractivity contribution is 5.84. The van der Waals surface area contributed by atoms with Gasteiger partial charge in [0.1, 0.15) is 5.82 Å². The summed E-state index contributed by atoms with van der Waals surface area (Å²) in [6.07, 6.45) is 2.96. The number of carboxylic acid groups (broad SMARTS) is 1. The minimum absolute atomic E-state index is 0.0991. The van der Waals surface area contributed by atoms with Gasteiger partial charge in [-0.2, -0.15) is 0 Å². The van der Waals surface area contributed by atoms with E-state index in [-0.39, 0.29) is 11.6 Å². The van der Waals surface area contributed by atoms with Crippen molar-refractivity contribution in [3.8, 4) is 0 Å². The first kappa shape index (κ1) is 13.4. The van der Waals surface area contributed by atoms with Crippen LogP contribution in [0.3, 0.4) is 0 Å². The first-order chi connectivity index (χ1) is 8.04. The summed E-state index contributed by atoms with van der Waals surface area (Å²) in [7, 11) is 0. The smallest absolute Gasteiger partial charge is 0.356 e. The lowest BCUT2D eigenvalue weighted by atomic mass is 10.0. The summed E-state index contributed by atoms with van der Waals surface area (Å²) in [5.41, 5.74) is -0.0991. The van der Waals surface area contributed by atoms with Crippen molar-refractivity contribution in [1.82, 2.24) is 9.97 Å². The fraction of sp³-hybridized carbons (Fsp3) is 0.545. The molecule has 0 aliphatic heterocycles. The molecular formula is C11H17N3O3. The molecule has 6 heteroatoms. The predicted octanol–water partition coefficient (Wildman–Crippen LogP) is 0.994. The van der Waals surface area contributed by atoms with Crippen molar-refractivity contribution < 1.29 is 15.0 Å². The molecule has 0 aliphatic carbocycles. The van der Waals surface area contributed by atoms with Crippen LogP contribution in [0.5, 0.6) is 0 Å². The number of aromatic nitrogens is 2. The Morgan fingerprint density at radius 2 is 2.18 bits per heavy atom. The van der Waals surface area contributed by atoms with E-state index in [1.54, 1.807) is 0 Å². The van der Waals surface area contributed by atoms with Gasteiger partial charge in [-0.3, -0.25) is 0 Å². The number of hydrogen-bond acceptors (Lipinski definition) is 5. The van der Waals surface area contributed by atoms with Crippen LogP contribution in [0.15, 0.2) is 12.4 Å². The monoisotopic (exact) mass is 239 g/mol. The van der Waals surface area contributed by atoms with E-state index < -0.39 is 12.1 Å². The van der Waals surface area contributed by atoms with Crippen molar-refractivity contribution in [2.24, 2.45) is 5.92 Å². The van der Waals surface area contributed by atoms with Crippen molar-refractivity contribution in [1.29, 1.82) is 0 Å². The molecule has 0 fully saturated rings. The van der Waals surface area contributed by atoms with Crippen LogP contribution >= 0.6 is 0 Å². The number of anilines is 1. The highest BCUT2D eigenvalue weighted by Crippen LogP contribution is 2.08. The van der Waals surface area contributed by atoms with Crippen molar-refractivity contribution >= 4 is 11.8 Å². The normalized spacial score (nSPS) is 14.1. The molecule has 1 aromatic heterocycles. The molecule has 17 heavy (non-hydrogen) atoms. The van der Waals surface area contributed by atoms with E-state index in [9.17, 15) is 9.90 Å². The lowest BCUT2D eigenvalue weighted by molar-refractivity contribution is 0.0690. The maximum atomic E-state index is 10.5. The molecule has 0 aliphatic rings. The van der Waals surface area contributed by atoms with Gasteiger partial charge in [0.25, 0.3) is 0 Å². The van der Waals surface area contributed by atoms with Gasteiger partial charge in [0.15, 0.2) is 5.69 Å². The Morgan fingerprint density at radius 1 is 1.47 bits per heavy atom. The molecule has 1 heterocycles. The maximum Gasteiger partial charge on any atom is 0.356 e. The molecule has 2 atom stereocenters. The van der Waals surface area contributed by atoms with Gasteiger partial charge in [0.05, 0.1) is 18.5 Å². The molecule has 0 amide bonds. The largest absolute Gasteiger partial charge is 0.476 e. The standard InChI is InChI=1S/C11H17N3O3/c1-3-7(2)9(15)5-14-10-6-12-8(4-13-10)11(16)17/h4,6-7,9,15H,3,5H2,1-2H3,(H,13,14)(H,16,17). The number of rotatable bonds is 6. The average Bonchev–Trinajstić information content (AvgIpc) is 2.35. The van der Waals surface area contributed by atoms with Gasteiger partial charge in [-0.15, -0.1) is 0 Å². The van der Waals surface area contributed by atoms with Crippen LogP contribution < -0.4 is 5.32 Å². The van der Waals surface area contributed by atoms with Crippen LogP contribution in [0, 0.1) is 5.92 Å². The Balaban J connectivity index is 2.50. The van der Waals surface area contributed by atoms with Gasteiger partial charge in [-0.1, -0.05) is 20.3 Å². The van der Waals surface area contributed by atoms with Crippen LogP contribution in [0.2, 0.25) is 0 Å². The zero-order valence-electron chi connectivity index (χ0n) is 9.92. The molecule has 3 N–H and O–H groups in total. The van der Waals surface area contributed by atoms with Crippen molar-refractivity contribution in [2.45, 2.75) is 26.4 Å². The van der Waals surface area contributed by atoms with Gasteiger partial charge < -0.3 is 15.5 Å². The summed E-state index contributed by atoms with van der Waals surface area (Å²) in [6, 6.07) is 0. The SMILES string of the molecule is CCC(C)C(O)CNc1cnc(C(=O)O)cn1. The van der Waals surface area contributed by atoms with E-state index in [2.05, 4.69) is 15.3 Å². The quantitative estimate of drug-likeness (QED) is 0.685. The van der Waals surface area contributed by atoms with Crippen molar-refractivity contribution in [3.63, 3.8) is 0 Å². The number of nitrogens with one attached hydrogen (secondary N) is 1. The topological polar surface area (TPSA) is 95.3 Å². The van der Waals surface area contributed by atoms with Crippen molar-refractivity contribution in [2.75, 3.05) is 11.9 Å². The number of carboxylic acids is 1. The van der Waals surface area contributed by atoms with Gasteiger partial charge in [-0.25, -0.2) is 14.8 Å². The molecule has 0 bridgehead atoms. The number of nitrogens with zero attached hydrogens (tertiary/aromatic N) is 2. The second-order valence-corrected chi connectivity index (χ2v) is 3.93. The zero-order valence-corrected chi connectivity index (χ0v) is 9.92. The summed E-state index contributed by atoms with van der Waals surface area (Å²) in [5, 5.41) is 21.3. The molecule has 94 valence electrons. The van der Waals surface area contributed by atoms with E-state index in [1.165, 1.54) is 12.4 Å². The minimum atomic E-state index is -1.11. The Hall–Kier alpha value is -1.69. The summed E-state index contributed by atoms with van der Waals surface area (Å²) >= 11 is 0. The van der Waals surface area contributed by atoms with Crippen LogP contribution in [0.25, 0.3) is 0 Å². The molecule has 0 saturated carbocycles. The lowest BCUT2D eigenvalue weighted by Crippen LogP contribution is -2.26. The first-order valence-electron chi connectivity index (χ1n) is 5.51. The van der Waals surface area contributed by atoms with Crippen molar-refractivity contribution in [3.05, 3.63) is 18.1 Å². The van der Waals surface area contributed by atoms with Crippen LogP contribution in [0.4, 0.5) is 5.82 Å². The molecule has 1 rings (SSSR count). The van der Waals surface area contributed by atoms with Gasteiger partial charge >= 0.3 is 5.97 Å². The molecule has 0 spiro atoms. The summed E-state index contributed by atoms with van der Waals surface area (Å²) in [6.45, 7) is 4.34. The van der Waals surface area contributed by atoms with Gasteiger partial charge in [-0.05, 0) is 5.92 Å². The predicted molar refractivity (Wildman–Crippen MR) is 62.9 cm³/mol. The van der Waals surface area contributed by atoms with E-state index in [4.69, 9.17) is 5.11 Å². The Bertz CT molecular complexity index is 367. The van der Waals surface area contributed by atoms with Gasteiger partial charge in [0.2, 0.25) is 0 Å². The number of aliphatic hydroxyl groups is 1. The molecular weight excluding hydrogens is 222 g/mol. The van der Waals surface area contributed by atoms with Crippen LogP contribution in [-0.2, 0) is 0 Å². The highest BCUT2D eigenvalue weighted by Gasteiger charge is 2.12. The summed E-state index contributed by atoms with van der Waals surface area (Å²) in [4.78, 5) is 18.2. The fourth-order valence-corrected chi connectivity index (χ4v) is 1.21. The minimum Gasteiger partial charge on any atom is -0.476 e. The Morgan fingerprint density at radius 3 is 2.65 bits per heavy atom. The first-order valence-corrected chi connectivity index (χ1v) is 5.51. The number of aromatic carboxylic acids is 1. The van der Waals surface area contributed by atoms with Crippen LogP contribution in [-0.4, -0.2) is 38.8 Å². The van der Waals surface area contributed by atoms with Gasteiger partial charge in [0, 0.05) is 6.54 Å². The third kappa shape index (κ3) is 3.99. The third-order valence-electron chi connectivity index (χ3n) is 2.66. The second kappa shape index (κ2) is 6.15. The lowest BCUT2D eigenvalue weighted by Gasteiger charge is -2.17. The van der Waals surface area contributed by atoms with E-state index in [0.29, 0.717) is 12.4 Å². The van der Waals surface area contributed by atoms with Crippen LogP contribution in [0.1, 0.15) is 30.8 Å².